The number of halogens is 1. The van der Waals surface area contributed by atoms with Crippen molar-refractivity contribution in [1.82, 2.24) is 10.2 Å². The largest absolute Gasteiger partial charge is 0.399 e. The Labute approximate surface area is 125 Å². The Bertz CT molecular complexity index is 530. The number of amides is 1. The molecule has 5 heteroatoms. The summed E-state index contributed by atoms with van der Waals surface area (Å²) >= 11 is 0. The summed E-state index contributed by atoms with van der Waals surface area (Å²) < 4.78 is 14.0. The van der Waals surface area contributed by atoms with Crippen LogP contribution in [0.25, 0.3) is 0 Å². The number of nitrogens with zero attached hydrogens (tertiary/aromatic N) is 1. The number of hydrogen-bond acceptors (Lipinski definition) is 3. The average Bonchev–Trinajstić information content (AvgIpc) is 2.89. The van der Waals surface area contributed by atoms with Gasteiger partial charge in [0.15, 0.2) is 0 Å². The van der Waals surface area contributed by atoms with Gasteiger partial charge in [-0.2, -0.15) is 0 Å². The summed E-state index contributed by atoms with van der Waals surface area (Å²) in [5, 5.41) is 2.83. The fraction of sp³-hybridized carbons (Fsp3) is 0.562. The highest BCUT2D eigenvalue weighted by molar-refractivity contribution is 5.95. The first-order valence-electron chi connectivity index (χ1n) is 7.46. The summed E-state index contributed by atoms with van der Waals surface area (Å²) in [5.41, 5.74) is 6.52. The van der Waals surface area contributed by atoms with Crippen LogP contribution in [0.1, 0.15) is 36.2 Å². The third-order valence-electron chi connectivity index (χ3n) is 4.12. The van der Waals surface area contributed by atoms with Crippen molar-refractivity contribution in [3.63, 3.8) is 0 Å². The molecule has 2 rings (SSSR count). The lowest BCUT2D eigenvalue weighted by Gasteiger charge is -2.20. The minimum Gasteiger partial charge on any atom is -0.399 e. The topological polar surface area (TPSA) is 58.4 Å². The van der Waals surface area contributed by atoms with Crippen LogP contribution < -0.4 is 11.1 Å². The fourth-order valence-electron chi connectivity index (χ4n) is 2.79. The summed E-state index contributed by atoms with van der Waals surface area (Å²) in [7, 11) is 0. The monoisotopic (exact) mass is 293 g/mol. The highest BCUT2D eigenvalue weighted by Crippen LogP contribution is 2.19. The number of nitrogens with one attached hydrogen (secondary N) is 1. The van der Waals surface area contributed by atoms with E-state index < -0.39 is 5.82 Å². The van der Waals surface area contributed by atoms with Crippen LogP contribution in [0, 0.1) is 18.7 Å². The Hall–Kier alpha value is -1.62. The number of aryl methyl sites for hydroxylation is 1. The summed E-state index contributed by atoms with van der Waals surface area (Å²) in [4.78, 5) is 14.5. The van der Waals surface area contributed by atoms with Gasteiger partial charge >= 0.3 is 0 Å². The minimum atomic E-state index is -0.489. The Morgan fingerprint density at radius 1 is 1.52 bits per heavy atom. The minimum absolute atomic E-state index is 0.0335. The summed E-state index contributed by atoms with van der Waals surface area (Å²) in [6.45, 7) is 8.58. The fourth-order valence-corrected chi connectivity index (χ4v) is 2.79. The molecule has 1 heterocycles. The van der Waals surface area contributed by atoms with Crippen molar-refractivity contribution in [1.29, 1.82) is 0 Å². The third-order valence-corrected chi connectivity index (χ3v) is 4.12. The van der Waals surface area contributed by atoms with Gasteiger partial charge in [-0.1, -0.05) is 0 Å². The Morgan fingerprint density at radius 2 is 2.24 bits per heavy atom. The van der Waals surface area contributed by atoms with Gasteiger partial charge in [-0.15, -0.1) is 0 Å². The SMILES string of the molecule is Cc1cc(N)cc(C(=O)NCC2CCN(C(C)C)C2)c1F. The molecule has 1 aliphatic rings. The highest BCUT2D eigenvalue weighted by atomic mass is 19.1. The molecule has 21 heavy (non-hydrogen) atoms. The highest BCUT2D eigenvalue weighted by Gasteiger charge is 2.25. The summed E-state index contributed by atoms with van der Waals surface area (Å²) in [6, 6.07) is 3.45. The summed E-state index contributed by atoms with van der Waals surface area (Å²) in [5.74, 6) is -0.440. The van der Waals surface area contributed by atoms with Crippen LogP contribution in [0.4, 0.5) is 10.1 Å². The predicted molar refractivity (Wildman–Crippen MR) is 82.7 cm³/mol. The van der Waals surface area contributed by atoms with Gasteiger partial charge in [0.25, 0.3) is 5.91 Å². The van der Waals surface area contributed by atoms with Gasteiger partial charge in [0.05, 0.1) is 5.56 Å². The second kappa shape index (κ2) is 6.43. The van der Waals surface area contributed by atoms with Crippen molar-refractivity contribution in [3.05, 3.63) is 29.1 Å². The van der Waals surface area contributed by atoms with Gasteiger partial charge in [0, 0.05) is 24.8 Å². The lowest BCUT2D eigenvalue weighted by molar-refractivity contribution is 0.0943. The van der Waals surface area contributed by atoms with E-state index in [1.807, 2.05) is 0 Å². The smallest absolute Gasteiger partial charge is 0.254 e. The molecule has 1 fully saturated rings. The quantitative estimate of drug-likeness (QED) is 0.837. The first kappa shape index (κ1) is 15.8. The predicted octanol–water partition coefficient (Wildman–Crippen LogP) is 2.18. The number of nitrogens with two attached hydrogens (primary N) is 1. The van der Waals surface area contributed by atoms with Gasteiger partial charge in [-0.25, -0.2) is 4.39 Å². The molecule has 0 aromatic heterocycles. The maximum Gasteiger partial charge on any atom is 0.254 e. The van der Waals surface area contributed by atoms with Crippen LogP contribution in [-0.4, -0.2) is 36.5 Å². The van der Waals surface area contributed by atoms with Crippen molar-refractivity contribution in [2.24, 2.45) is 5.92 Å². The molecule has 0 radical (unpaired) electrons. The molecular formula is C16H24FN3O. The molecule has 0 aliphatic carbocycles. The summed E-state index contributed by atoms with van der Waals surface area (Å²) in [6.07, 6.45) is 1.07. The van der Waals surface area contributed by atoms with E-state index >= 15 is 0 Å². The first-order valence-corrected chi connectivity index (χ1v) is 7.46. The van der Waals surface area contributed by atoms with E-state index in [4.69, 9.17) is 5.73 Å². The van der Waals surface area contributed by atoms with Gasteiger partial charge < -0.3 is 16.0 Å². The van der Waals surface area contributed by atoms with Crippen LogP contribution in [-0.2, 0) is 0 Å². The number of rotatable bonds is 4. The van der Waals surface area contributed by atoms with E-state index in [2.05, 4.69) is 24.1 Å². The first-order chi connectivity index (χ1) is 9.88. The van der Waals surface area contributed by atoms with Gasteiger partial charge in [-0.3, -0.25) is 4.79 Å². The van der Waals surface area contributed by atoms with Crippen LogP contribution in [0.2, 0.25) is 0 Å². The zero-order valence-corrected chi connectivity index (χ0v) is 12.9. The molecule has 1 aromatic rings. The van der Waals surface area contributed by atoms with E-state index in [1.54, 1.807) is 6.92 Å². The molecule has 1 atom stereocenters. The molecule has 1 unspecified atom stereocenters. The molecule has 4 nitrogen and oxygen atoms in total. The van der Waals surface area contributed by atoms with Crippen LogP contribution in [0.15, 0.2) is 12.1 Å². The Morgan fingerprint density at radius 3 is 2.86 bits per heavy atom. The van der Waals surface area contributed by atoms with E-state index in [9.17, 15) is 9.18 Å². The second-order valence-corrected chi connectivity index (χ2v) is 6.15. The lowest BCUT2D eigenvalue weighted by Crippen LogP contribution is -2.33. The van der Waals surface area contributed by atoms with Gasteiger partial charge in [0.2, 0.25) is 0 Å². The van der Waals surface area contributed by atoms with Gasteiger partial charge in [0.1, 0.15) is 5.82 Å². The molecule has 1 saturated heterocycles. The molecule has 1 aromatic carbocycles. The van der Waals surface area contributed by atoms with E-state index in [-0.39, 0.29) is 11.5 Å². The zero-order valence-electron chi connectivity index (χ0n) is 12.9. The van der Waals surface area contributed by atoms with E-state index in [0.29, 0.717) is 29.8 Å². The molecule has 3 N–H and O–H groups in total. The van der Waals surface area contributed by atoms with Crippen molar-refractivity contribution < 1.29 is 9.18 Å². The maximum absolute atomic E-state index is 14.0. The number of carbonyl (C=O) groups excluding carboxylic acids is 1. The zero-order chi connectivity index (χ0) is 15.6. The van der Waals surface area contributed by atoms with E-state index in [1.165, 1.54) is 12.1 Å². The standard InChI is InChI=1S/C16H24FN3O/c1-10(2)20-5-4-12(9-20)8-19-16(21)14-7-13(18)6-11(3)15(14)17/h6-7,10,12H,4-5,8-9,18H2,1-3H3,(H,19,21). The molecule has 0 saturated carbocycles. The normalized spacial score (nSPS) is 19.2. The lowest BCUT2D eigenvalue weighted by atomic mass is 10.1. The number of nitrogen functional groups attached to an aromatic ring is 1. The Kier molecular flexibility index (Phi) is 4.83. The van der Waals surface area contributed by atoms with Crippen LogP contribution in [0.3, 0.4) is 0 Å². The van der Waals surface area contributed by atoms with E-state index in [0.717, 1.165) is 19.5 Å². The van der Waals surface area contributed by atoms with Gasteiger partial charge in [-0.05, 0) is 57.4 Å². The van der Waals surface area contributed by atoms with Crippen molar-refractivity contribution in [3.8, 4) is 0 Å². The van der Waals surface area contributed by atoms with Crippen molar-refractivity contribution in [2.75, 3.05) is 25.4 Å². The number of hydrogen-bond donors (Lipinski definition) is 2. The van der Waals surface area contributed by atoms with Crippen LogP contribution in [0.5, 0.6) is 0 Å². The molecule has 0 spiro atoms. The average molecular weight is 293 g/mol. The molecular weight excluding hydrogens is 269 g/mol. The van der Waals surface area contributed by atoms with Crippen molar-refractivity contribution in [2.45, 2.75) is 33.2 Å². The molecule has 116 valence electrons. The third kappa shape index (κ3) is 3.73. The molecule has 0 bridgehead atoms. The molecule has 1 aliphatic heterocycles. The number of anilines is 1. The number of likely N-dealkylation sites (tertiary alicyclic amines) is 1. The maximum atomic E-state index is 14.0. The number of benzene rings is 1. The Balaban J connectivity index is 1.94. The second-order valence-electron chi connectivity index (χ2n) is 6.15. The van der Waals surface area contributed by atoms with Crippen LogP contribution >= 0.6 is 0 Å². The number of carbonyl (C=O) groups is 1. The van der Waals surface area contributed by atoms with Crippen molar-refractivity contribution >= 4 is 11.6 Å². The molecule has 1 amide bonds.